The molecule has 31 heavy (non-hydrogen) atoms. The first-order chi connectivity index (χ1) is 14.8. The van der Waals surface area contributed by atoms with E-state index in [9.17, 15) is 13.2 Å². The second-order valence-electron chi connectivity index (χ2n) is 7.64. The molecule has 0 bridgehead atoms. The molecule has 0 saturated carbocycles. The van der Waals surface area contributed by atoms with Gasteiger partial charge in [-0.25, -0.2) is 8.42 Å². The van der Waals surface area contributed by atoms with Gasteiger partial charge in [-0.1, -0.05) is 18.2 Å². The molecule has 8 heteroatoms. The number of hydrogen-bond donors (Lipinski definition) is 0. The highest BCUT2D eigenvalue weighted by atomic mass is 32.2. The van der Waals surface area contributed by atoms with Crippen molar-refractivity contribution in [3.63, 3.8) is 0 Å². The zero-order valence-corrected chi connectivity index (χ0v) is 19.2. The van der Waals surface area contributed by atoms with Crippen LogP contribution in [0.3, 0.4) is 0 Å². The van der Waals surface area contributed by atoms with Crippen LogP contribution in [-0.4, -0.2) is 63.4 Å². The van der Waals surface area contributed by atoms with Crippen LogP contribution < -0.4 is 9.47 Å². The van der Waals surface area contributed by atoms with Gasteiger partial charge in [-0.2, -0.15) is 4.31 Å². The second-order valence-corrected chi connectivity index (χ2v) is 9.54. The van der Waals surface area contributed by atoms with E-state index in [0.717, 1.165) is 16.9 Å². The number of hydrogen-bond acceptors (Lipinski definition) is 5. The summed E-state index contributed by atoms with van der Waals surface area (Å²) in [5.74, 6) is 1.16. The molecule has 0 aliphatic carbocycles. The molecule has 0 aromatic heterocycles. The highest BCUT2D eigenvalue weighted by Gasteiger charge is 2.32. The van der Waals surface area contributed by atoms with Crippen LogP contribution in [0.15, 0.2) is 47.4 Å². The number of amides is 1. The highest BCUT2D eigenvalue weighted by molar-refractivity contribution is 7.89. The Morgan fingerprint density at radius 1 is 1.00 bits per heavy atom. The molecule has 1 amide bonds. The maximum absolute atomic E-state index is 13.2. The van der Waals surface area contributed by atoms with Crippen molar-refractivity contribution in [3.05, 3.63) is 53.6 Å². The maximum atomic E-state index is 13.2. The van der Waals surface area contributed by atoms with E-state index in [1.807, 2.05) is 44.2 Å². The maximum Gasteiger partial charge on any atom is 0.246 e. The molecule has 3 rings (SSSR count). The predicted octanol–water partition coefficient (Wildman–Crippen LogP) is 3.00. The van der Waals surface area contributed by atoms with Crippen molar-refractivity contribution in [2.24, 2.45) is 0 Å². The van der Waals surface area contributed by atoms with E-state index >= 15 is 0 Å². The van der Waals surface area contributed by atoms with Gasteiger partial charge in [0, 0.05) is 32.6 Å². The van der Waals surface area contributed by atoms with Crippen molar-refractivity contribution in [1.82, 2.24) is 9.21 Å². The lowest BCUT2D eigenvalue weighted by molar-refractivity contribution is -0.132. The van der Waals surface area contributed by atoms with Crippen LogP contribution in [0.5, 0.6) is 11.5 Å². The molecule has 0 atom stereocenters. The van der Waals surface area contributed by atoms with Crippen LogP contribution in [0.25, 0.3) is 0 Å². The number of ether oxygens (including phenoxy) is 2. The summed E-state index contributed by atoms with van der Waals surface area (Å²) >= 11 is 0. The molecule has 0 unspecified atom stereocenters. The van der Waals surface area contributed by atoms with E-state index in [-0.39, 0.29) is 23.9 Å². The van der Waals surface area contributed by atoms with Gasteiger partial charge >= 0.3 is 0 Å². The van der Waals surface area contributed by atoms with Crippen LogP contribution in [0.1, 0.15) is 24.0 Å². The topological polar surface area (TPSA) is 76.2 Å². The molecule has 1 aliphatic heterocycles. The van der Waals surface area contributed by atoms with E-state index < -0.39 is 10.0 Å². The number of benzene rings is 2. The van der Waals surface area contributed by atoms with Crippen molar-refractivity contribution in [3.8, 4) is 11.5 Å². The van der Waals surface area contributed by atoms with Gasteiger partial charge in [0.25, 0.3) is 0 Å². The van der Waals surface area contributed by atoms with E-state index in [1.54, 1.807) is 17.0 Å². The lowest BCUT2D eigenvalue weighted by atomic mass is 10.1. The molecule has 1 saturated heterocycles. The molecule has 0 spiro atoms. The summed E-state index contributed by atoms with van der Waals surface area (Å²) in [6, 6.07) is 12.9. The summed E-state index contributed by atoms with van der Waals surface area (Å²) < 4.78 is 38.7. The number of nitrogens with zero attached hydrogens (tertiary/aromatic N) is 2. The van der Waals surface area contributed by atoms with Gasteiger partial charge in [-0.05, 0) is 55.7 Å². The first kappa shape index (κ1) is 23.1. The standard InChI is InChI=1S/C23H30N2O5S/c1-18-16-21(29-3)22(17-19(18)2)31(27,28)25-13-11-24(12-14-25)23(26)10-7-15-30-20-8-5-4-6-9-20/h4-6,8-9,16-17H,7,10-15H2,1-3H3. The summed E-state index contributed by atoms with van der Waals surface area (Å²) in [5, 5.41) is 0. The quantitative estimate of drug-likeness (QED) is 0.583. The Morgan fingerprint density at radius 2 is 1.65 bits per heavy atom. The Balaban J connectivity index is 1.53. The molecule has 0 N–H and O–H groups in total. The molecular weight excluding hydrogens is 416 g/mol. The van der Waals surface area contributed by atoms with Crippen LogP contribution in [0.2, 0.25) is 0 Å². The SMILES string of the molecule is COc1cc(C)c(C)cc1S(=O)(=O)N1CCN(C(=O)CCCOc2ccccc2)CC1. The normalized spacial score (nSPS) is 15.0. The molecule has 168 valence electrons. The van der Waals surface area contributed by atoms with E-state index in [4.69, 9.17) is 9.47 Å². The molecule has 1 fully saturated rings. The lowest BCUT2D eigenvalue weighted by Gasteiger charge is -2.34. The third-order valence-corrected chi connectivity index (χ3v) is 7.46. The van der Waals surface area contributed by atoms with Crippen LogP contribution in [-0.2, 0) is 14.8 Å². The summed E-state index contributed by atoms with van der Waals surface area (Å²) in [6.45, 7) is 5.57. The first-order valence-corrected chi connectivity index (χ1v) is 11.9. The monoisotopic (exact) mass is 446 g/mol. The highest BCUT2D eigenvalue weighted by Crippen LogP contribution is 2.30. The van der Waals surface area contributed by atoms with Gasteiger partial charge in [0.2, 0.25) is 15.9 Å². The van der Waals surface area contributed by atoms with Crippen molar-refractivity contribution in [1.29, 1.82) is 0 Å². The molecule has 1 aliphatic rings. The molecule has 2 aromatic rings. The Morgan fingerprint density at radius 3 is 2.29 bits per heavy atom. The number of rotatable bonds is 8. The summed E-state index contributed by atoms with van der Waals surface area (Å²) in [5.41, 5.74) is 1.87. The minimum Gasteiger partial charge on any atom is -0.495 e. The third kappa shape index (κ3) is 5.57. The van der Waals surface area contributed by atoms with Gasteiger partial charge in [-0.15, -0.1) is 0 Å². The molecular formula is C23H30N2O5S. The Labute approximate surface area is 184 Å². The molecule has 0 radical (unpaired) electrons. The molecule has 1 heterocycles. The van der Waals surface area contributed by atoms with Crippen molar-refractivity contribution < 1.29 is 22.7 Å². The zero-order chi connectivity index (χ0) is 22.4. The van der Waals surface area contributed by atoms with E-state index in [2.05, 4.69) is 0 Å². The average Bonchev–Trinajstić information content (AvgIpc) is 2.78. The van der Waals surface area contributed by atoms with E-state index in [0.29, 0.717) is 38.3 Å². The molecule has 2 aromatic carbocycles. The number of methoxy groups -OCH3 is 1. The number of carbonyl (C=O) groups excluding carboxylic acids is 1. The van der Waals surface area contributed by atoms with Gasteiger partial charge < -0.3 is 14.4 Å². The largest absolute Gasteiger partial charge is 0.495 e. The van der Waals surface area contributed by atoms with Gasteiger partial charge in [0.05, 0.1) is 13.7 Å². The van der Waals surface area contributed by atoms with Crippen LogP contribution in [0, 0.1) is 13.8 Å². The van der Waals surface area contributed by atoms with Gasteiger partial charge in [-0.3, -0.25) is 4.79 Å². The van der Waals surface area contributed by atoms with E-state index in [1.165, 1.54) is 11.4 Å². The smallest absolute Gasteiger partial charge is 0.246 e. The zero-order valence-electron chi connectivity index (χ0n) is 18.3. The van der Waals surface area contributed by atoms with Crippen molar-refractivity contribution in [2.75, 3.05) is 39.9 Å². The summed E-state index contributed by atoms with van der Waals surface area (Å²) in [6.07, 6.45) is 0.997. The third-order valence-electron chi connectivity index (χ3n) is 5.54. The fourth-order valence-corrected chi connectivity index (χ4v) is 5.17. The van der Waals surface area contributed by atoms with Gasteiger partial charge in [0.15, 0.2) is 0 Å². The Kier molecular flexibility index (Phi) is 7.56. The minimum absolute atomic E-state index is 0.0254. The Bertz CT molecular complexity index is 1000. The fraction of sp³-hybridized carbons (Fsp3) is 0.435. The van der Waals surface area contributed by atoms with Crippen LogP contribution >= 0.6 is 0 Å². The summed E-state index contributed by atoms with van der Waals surface area (Å²) in [4.78, 5) is 14.4. The van der Waals surface area contributed by atoms with Crippen molar-refractivity contribution in [2.45, 2.75) is 31.6 Å². The first-order valence-electron chi connectivity index (χ1n) is 10.4. The van der Waals surface area contributed by atoms with Crippen LogP contribution in [0.4, 0.5) is 0 Å². The predicted molar refractivity (Wildman–Crippen MR) is 119 cm³/mol. The lowest BCUT2D eigenvalue weighted by Crippen LogP contribution is -2.50. The average molecular weight is 447 g/mol. The molecule has 7 nitrogen and oxygen atoms in total. The number of carbonyl (C=O) groups is 1. The van der Waals surface area contributed by atoms with Crippen molar-refractivity contribution >= 4 is 15.9 Å². The number of piperazine rings is 1. The number of para-hydroxylation sites is 1. The van der Waals surface area contributed by atoms with Gasteiger partial charge in [0.1, 0.15) is 16.4 Å². The number of sulfonamides is 1. The minimum atomic E-state index is -3.69. The second kappa shape index (κ2) is 10.2. The summed E-state index contributed by atoms with van der Waals surface area (Å²) in [7, 11) is -2.22. The Hall–Kier alpha value is -2.58. The fourth-order valence-electron chi connectivity index (χ4n) is 3.53. The number of aryl methyl sites for hydroxylation is 2.